The number of aliphatic hydroxyl groups excluding tert-OH is 1. The molecule has 0 aliphatic rings. The highest BCUT2D eigenvalue weighted by Gasteiger charge is 2.12. The minimum absolute atomic E-state index is 0.231. The van der Waals surface area contributed by atoms with E-state index < -0.39 is 0 Å². The highest BCUT2D eigenvalue weighted by Crippen LogP contribution is 2.28. The number of nitrogens with one attached hydrogen (secondary N) is 1. The maximum absolute atomic E-state index is 9.07. The van der Waals surface area contributed by atoms with Crippen molar-refractivity contribution in [2.24, 2.45) is 5.92 Å². The van der Waals surface area contributed by atoms with Gasteiger partial charge in [-0.1, -0.05) is 19.9 Å². The summed E-state index contributed by atoms with van der Waals surface area (Å²) < 4.78 is 5.32. The van der Waals surface area contributed by atoms with E-state index in [1.165, 1.54) is 5.56 Å². The minimum atomic E-state index is 0.231. The SMILES string of the molecule is COc1ccc(CNC(CCO)C(C)C)cc1SC. The summed E-state index contributed by atoms with van der Waals surface area (Å²) in [6.45, 7) is 5.40. The maximum atomic E-state index is 9.07. The molecule has 0 amide bonds. The van der Waals surface area contributed by atoms with Gasteiger partial charge in [0.1, 0.15) is 5.75 Å². The second-order valence-corrected chi connectivity index (χ2v) is 5.78. The number of hydrogen-bond donors (Lipinski definition) is 2. The molecule has 3 nitrogen and oxygen atoms in total. The first-order chi connectivity index (χ1) is 9.12. The van der Waals surface area contributed by atoms with Gasteiger partial charge in [0.15, 0.2) is 0 Å². The number of thioether (sulfide) groups is 1. The molecular weight excluding hydrogens is 258 g/mol. The summed E-state index contributed by atoms with van der Waals surface area (Å²) >= 11 is 1.69. The van der Waals surface area contributed by atoms with E-state index >= 15 is 0 Å². The Bertz CT molecular complexity index is 382. The molecule has 0 radical (unpaired) electrons. The quantitative estimate of drug-likeness (QED) is 0.720. The van der Waals surface area contributed by atoms with Crippen molar-refractivity contribution in [3.63, 3.8) is 0 Å². The van der Waals surface area contributed by atoms with Gasteiger partial charge in [-0.15, -0.1) is 11.8 Å². The summed E-state index contributed by atoms with van der Waals surface area (Å²) in [5.74, 6) is 1.44. The Morgan fingerprint density at radius 2 is 2.11 bits per heavy atom. The average Bonchev–Trinajstić information content (AvgIpc) is 2.42. The first kappa shape index (κ1) is 16.3. The molecule has 1 rings (SSSR count). The molecular formula is C15H25NO2S. The highest BCUT2D eigenvalue weighted by molar-refractivity contribution is 7.98. The van der Waals surface area contributed by atoms with Crippen molar-refractivity contribution in [2.45, 2.75) is 37.8 Å². The summed E-state index contributed by atoms with van der Waals surface area (Å²) in [5, 5.41) is 12.6. The fourth-order valence-corrected chi connectivity index (χ4v) is 2.67. The molecule has 1 aromatic rings. The van der Waals surface area contributed by atoms with Gasteiger partial charge in [0.2, 0.25) is 0 Å². The van der Waals surface area contributed by atoms with E-state index in [1.54, 1.807) is 18.9 Å². The summed E-state index contributed by atoms with van der Waals surface area (Å²) in [6.07, 6.45) is 2.85. The summed E-state index contributed by atoms with van der Waals surface area (Å²) in [6, 6.07) is 6.61. The first-order valence-corrected chi connectivity index (χ1v) is 7.90. The molecule has 0 aromatic heterocycles. The van der Waals surface area contributed by atoms with Crippen molar-refractivity contribution in [3.8, 4) is 5.75 Å². The van der Waals surface area contributed by atoms with E-state index in [9.17, 15) is 0 Å². The van der Waals surface area contributed by atoms with Gasteiger partial charge in [-0.3, -0.25) is 0 Å². The lowest BCUT2D eigenvalue weighted by Crippen LogP contribution is -2.34. The van der Waals surface area contributed by atoms with Crippen molar-refractivity contribution < 1.29 is 9.84 Å². The number of benzene rings is 1. The fourth-order valence-electron chi connectivity index (χ4n) is 2.05. The zero-order valence-corrected chi connectivity index (χ0v) is 13.1. The van der Waals surface area contributed by atoms with E-state index in [2.05, 4.69) is 37.6 Å². The summed E-state index contributed by atoms with van der Waals surface area (Å²) in [5.41, 5.74) is 1.24. The van der Waals surface area contributed by atoms with Crippen molar-refractivity contribution in [1.82, 2.24) is 5.32 Å². The molecule has 0 bridgehead atoms. The molecule has 0 aliphatic carbocycles. The Labute approximate surface area is 120 Å². The topological polar surface area (TPSA) is 41.5 Å². The summed E-state index contributed by atoms with van der Waals surface area (Å²) in [4.78, 5) is 1.16. The van der Waals surface area contributed by atoms with Crippen LogP contribution in [0.15, 0.2) is 23.1 Å². The van der Waals surface area contributed by atoms with Crippen LogP contribution in [-0.2, 0) is 6.54 Å². The molecule has 4 heteroatoms. The van der Waals surface area contributed by atoms with Crippen LogP contribution in [0.25, 0.3) is 0 Å². The zero-order chi connectivity index (χ0) is 14.3. The van der Waals surface area contributed by atoms with Crippen LogP contribution in [-0.4, -0.2) is 31.1 Å². The van der Waals surface area contributed by atoms with E-state index in [0.29, 0.717) is 12.0 Å². The molecule has 1 unspecified atom stereocenters. The van der Waals surface area contributed by atoms with Crippen molar-refractivity contribution in [3.05, 3.63) is 23.8 Å². The smallest absolute Gasteiger partial charge is 0.132 e. The van der Waals surface area contributed by atoms with Crippen LogP contribution >= 0.6 is 11.8 Å². The molecule has 0 saturated heterocycles. The predicted octanol–water partition coefficient (Wildman–Crippen LogP) is 2.91. The van der Waals surface area contributed by atoms with Gasteiger partial charge in [-0.25, -0.2) is 0 Å². The van der Waals surface area contributed by atoms with E-state index in [-0.39, 0.29) is 6.61 Å². The largest absolute Gasteiger partial charge is 0.496 e. The third kappa shape index (κ3) is 5.05. The Hall–Kier alpha value is -0.710. The van der Waals surface area contributed by atoms with Crippen LogP contribution in [0, 0.1) is 5.92 Å². The molecule has 0 saturated carbocycles. The third-order valence-corrected chi connectivity index (χ3v) is 4.02. The van der Waals surface area contributed by atoms with Gasteiger partial charge in [0.05, 0.1) is 7.11 Å². The van der Waals surface area contributed by atoms with Crippen LogP contribution in [0.1, 0.15) is 25.8 Å². The fraction of sp³-hybridized carbons (Fsp3) is 0.600. The number of hydrogen-bond acceptors (Lipinski definition) is 4. The van der Waals surface area contributed by atoms with Crippen LogP contribution < -0.4 is 10.1 Å². The van der Waals surface area contributed by atoms with Crippen molar-refractivity contribution in [2.75, 3.05) is 20.0 Å². The van der Waals surface area contributed by atoms with Crippen LogP contribution in [0.2, 0.25) is 0 Å². The number of rotatable bonds is 8. The lowest BCUT2D eigenvalue weighted by molar-refractivity contribution is 0.244. The van der Waals surface area contributed by atoms with Crippen molar-refractivity contribution in [1.29, 1.82) is 0 Å². The Morgan fingerprint density at radius 1 is 1.37 bits per heavy atom. The maximum Gasteiger partial charge on any atom is 0.132 e. The molecule has 19 heavy (non-hydrogen) atoms. The van der Waals surface area contributed by atoms with Crippen molar-refractivity contribution >= 4 is 11.8 Å². The monoisotopic (exact) mass is 283 g/mol. The lowest BCUT2D eigenvalue weighted by atomic mass is 10.0. The second-order valence-electron chi connectivity index (χ2n) is 4.93. The standard InChI is InChI=1S/C15H25NO2S/c1-11(2)13(7-8-17)16-10-12-5-6-14(18-3)15(9-12)19-4/h5-6,9,11,13,16-17H,7-8,10H2,1-4H3. The average molecular weight is 283 g/mol. The molecule has 2 N–H and O–H groups in total. The zero-order valence-electron chi connectivity index (χ0n) is 12.3. The van der Waals surface area contributed by atoms with Gasteiger partial charge in [0.25, 0.3) is 0 Å². The molecule has 0 spiro atoms. The van der Waals surface area contributed by atoms with Gasteiger partial charge < -0.3 is 15.2 Å². The van der Waals surface area contributed by atoms with Crippen LogP contribution in [0.4, 0.5) is 0 Å². The van der Waals surface area contributed by atoms with E-state index in [0.717, 1.165) is 23.6 Å². The van der Waals surface area contributed by atoms with E-state index in [1.807, 2.05) is 6.07 Å². The van der Waals surface area contributed by atoms with E-state index in [4.69, 9.17) is 9.84 Å². The molecule has 0 fully saturated rings. The number of aliphatic hydroxyl groups is 1. The molecule has 1 aromatic carbocycles. The third-order valence-electron chi connectivity index (χ3n) is 3.26. The van der Waals surface area contributed by atoms with Crippen LogP contribution in [0.5, 0.6) is 5.75 Å². The first-order valence-electron chi connectivity index (χ1n) is 6.67. The lowest BCUT2D eigenvalue weighted by Gasteiger charge is -2.22. The Morgan fingerprint density at radius 3 is 2.63 bits per heavy atom. The predicted molar refractivity (Wildman–Crippen MR) is 81.9 cm³/mol. The normalized spacial score (nSPS) is 12.7. The molecule has 0 heterocycles. The second kappa shape index (κ2) is 8.46. The van der Waals surface area contributed by atoms with Gasteiger partial charge in [-0.05, 0) is 36.3 Å². The van der Waals surface area contributed by atoms with Crippen LogP contribution in [0.3, 0.4) is 0 Å². The molecule has 108 valence electrons. The Balaban J connectivity index is 2.66. The number of methoxy groups -OCH3 is 1. The molecule has 0 aliphatic heterocycles. The minimum Gasteiger partial charge on any atom is -0.496 e. The van der Waals surface area contributed by atoms with Gasteiger partial charge >= 0.3 is 0 Å². The molecule has 1 atom stereocenters. The summed E-state index contributed by atoms with van der Waals surface area (Å²) in [7, 11) is 1.70. The van der Waals surface area contributed by atoms with Gasteiger partial charge in [0, 0.05) is 24.1 Å². The highest BCUT2D eigenvalue weighted by atomic mass is 32.2. The van der Waals surface area contributed by atoms with Gasteiger partial charge in [-0.2, -0.15) is 0 Å². The number of ether oxygens (including phenoxy) is 1. The Kier molecular flexibility index (Phi) is 7.28.